The minimum Gasteiger partial charge on any atom is -0.299 e. The molecular formula is C19H17F3N4O3S2. The van der Waals surface area contributed by atoms with Crippen molar-refractivity contribution in [1.29, 1.82) is 0 Å². The molecule has 3 aromatic rings. The lowest BCUT2D eigenvalue weighted by atomic mass is 10.2. The number of aryl methyl sites for hydroxylation is 1. The summed E-state index contributed by atoms with van der Waals surface area (Å²) in [4.78, 5) is 12.4. The molecule has 31 heavy (non-hydrogen) atoms. The van der Waals surface area contributed by atoms with Gasteiger partial charge in [0.2, 0.25) is 21.1 Å². The van der Waals surface area contributed by atoms with Crippen molar-refractivity contribution in [2.75, 3.05) is 22.4 Å². The molecule has 0 saturated heterocycles. The third kappa shape index (κ3) is 5.79. The van der Waals surface area contributed by atoms with Gasteiger partial charge in [-0.05, 0) is 31.2 Å². The zero-order valence-electron chi connectivity index (χ0n) is 16.3. The number of aromatic nitrogens is 2. The number of carbonyl (C=O) groups is 1. The summed E-state index contributed by atoms with van der Waals surface area (Å²) in [5.74, 6) is -0.711. The number of carbonyl (C=O) groups excluding carboxylic acids is 1. The summed E-state index contributed by atoms with van der Waals surface area (Å²) >= 11 is 1.11. The van der Waals surface area contributed by atoms with E-state index in [1.54, 1.807) is 0 Å². The molecule has 0 aliphatic rings. The molecule has 0 unspecified atom stereocenters. The first-order valence-electron chi connectivity index (χ1n) is 8.79. The van der Waals surface area contributed by atoms with Crippen LogP contribution in [-0.2, 0) is 21.0 Å². The maximum Gasteiger partial charge on any atom is 0.416 e. The van der Waals surface area contributed by atoms with Gasteiger partial charge in [-0.15, -0.1) is 10.2 Å². The van der Waals surface area contributed by atoms with Crippen LogP contribution in [-0.4, -0.2) is 37.3 Å². The molecule has 1 heterocycles. The Labute approximate surface area is 180 Å². The number of benzene rings is 2. The molecular weight excluding hydrogens is 453 g/mol. The molecule has 7 nitrogen and oxygen atoms in total. The highest BCUT2D eigenvalue weighted by atomic mass is 32.2. The average Bonchev–Trinajstić information content (AvgIpc) is 3.13. The molecule has 0 atom stereocenters. The van der Waals surface area contributed by atoms with E-state index in [0.717, 1.165) is 53.0 Å². The molecule has 0 aliphatic carbocycles. The molecule has 0 bridgehead atoms. The van der Waals surface area contributed by atoms with Crippen molar-refractivity contribution in [3.8, 4) is 10.6 Å². The summed E-state index contributed by atoms with van der Waals surface area (Å²) in [6.45, 7) is 1.31. The van der Waals surface area contributed by atoms with Crippen LogP contribution in [0.25, 0.3) is 10.6 Å². The number of hydrogen-bond acceptors (Lipinski definition) is 6. The minimum absolute atomic E-state index is 0.0664. The fourth-order valence-corrected chi connectivity index (χ4v) is 4.21. The van der Waals surface area contributed by atoms with Crippen LogP contribution in [0.15, 0.2) is 48.5 Å². The van der Waals surface area contributed by atoms with E-state index in [1.165, 1.54) is 0 Å². The Kier molecular flexibility index (Phi) is 6.32. The molecule has 0 saturated carbocycles. The molecule has 1 aromatic heterocycles. The molecule has 0 aliphatic heterocycles. The molecule has 3 rings (SSSR count). The number of sulfonamides is 1. The van der Waals surface area contributed by atoms with Gasteiger partial charge in [0.15, 0.2) is 0 Å². The van der Waals surface area contributed by atoms with Crippen LogP contribution in [0.2, 0.25) is 0 Å². The predicted molar refractivity (Wildman–Crippen MR) is 112 cm³/mol. The van der Waals surface area contributed by atoms with Crippen LogP contribution >= 0.6 is 11.3 Å². The van der Waals surface area contributed by atoms with E-state index in [2.05, 4.69) is 15.5 Å². The van der Waals surface area contributed by atoms with Crippen LogP contribution in [0.4, 0.5) is 24.0 Å². The fraction of sp³-hybridized carbons (Fsp3) is 0.211. The molecule has 0 radical (unpaired) electrons. The van der Waals surface area contributed by atoms with E-state index in [9.17, 15) is 26.4 Å². The van der Waals surface area contributed by atoms with Gasteiger partial charge in [-0.2, -0.15) is 13.2 Å². The van der Waals surface area contributed by atoms with Gasteiger partial charge in [0, 0.05) is 5.56 Å². The van der Waals surface area contributed by atoms with Crippen molar-refractivity contribution < 1.29 is 26.4 Å². The topological polar surface area (TPSA) is 92.3 Å². The largest absolute Gasteiger partial charge is 0.416 e. The number of alkyl halides is 3. The van der Waals surface area contributed by atoms with Crippen molar-refractivity contribution in [3.63, 3.8) is 0 Å². The molecule has 1 N–H and O–H groups in total. The molecule has 0 spiro atoms. The van der Waals surface area contributed by atoms with Crippen LogP contribution in [0, 0.1) is 6.92 Å². The zero-order chi connectivity index (χ0) is 22.8. The Bertz CT molecular complexity index is 1180. The van der Waals surface area contributed by atoms with E-state index >= 15 is 0 Å². The second kappa shape index (κ2) is 8.63. The van der Waals surface area contributed by atoms with Crippen molar-refractivity contribution >= 4 is 38.1 Å². The van der Waals surface area contributed by atoms with Gasteiger partial charge in [-0.25, -0.2) is 8.42 Å². The number of rotatable bonds is 6. The zero-order valence-corrected chi connectivity index (χ0v) is 18.0. The third-order valence-electron chi connectivity index (χ3n) is 4.14. The standard InChI is InChI=1S/C19H17F3N4O3S2/c1-12-3-5-13(6-4-12)17-24-25-18(30-17)23-16(27)11-26(31(2,28)29)15-9-7-14(8-10-15)19(20,21)22/h3-10H,11H2,1-2H3,(H,23,25,27). The van der Waals surface area contributed by atoms with Gasteiger partial charge < -0.3 is 0 Å². The Morgan fingerprint density at radius 3 is 2.23 bits per heavy atom. The second-order valence-corrected chi connectivity index (χ2v) is 9.53. The fourth-order valence-electron chi connectivity index (χ4n) is 2.59. The summed E-state index contributed by atoms with van der Waals surface area (Å²) in [6.07, 6.45) is -3.70. The van der Waals surface area contributed by atoms with Gasteiger partial charge in [0.1, 0.15) is 11.6 Å². The summed E-state index contributed by atoms with van der Waals surface area (Å²) in [6, 6.07) is 11.0. The number of anilines is 2. The van der Waals surface area contributed by atoms with Gasteiger partial charge in [0.25, 0.3) is 0 Å². The normalized spacial score (nSPS) is 11.9. The van der Waals surface area contributed by atoms with E-state index in [1.807, 2.05) is 31.2 Å². The SMILES string of the molecule is Cc1ccc(-c2nnc(NC(=O)CN(c3ccc(C(F)(F)F)cc3)S(C)(=O)=O)s2)cc1. The second-order valence-electron chi connectivity index (χ2n) is 6.64. The molecule has 2 aromatic carbocycles. The lowest BCUT2D eigenvalue weighted by Gasteiger charge is -2.22. The van der Waals surface area contributed by atoms with E-state index in [0.29, 0.717) is 9.31 Å². The van der Waals surface area contributed by atoms with Gasteiger partial charge >= 0.3 is 6.18 Å². The van der Waals surface area contributed by atoms with Crippen molar-refractivity contribution in [3.05, 3.63) is 59.7 Å². The Morgan fingerprint density at radius 2 is 1.68 bits per heavy atom. The Morgan fingerprint density at radius 1 is 1.06 bits per heavy atom. The highest BCUT2D eigenvalue weighted by Crippen LogP contribution is 2.31. The van der Waals surface area contributed by atoms with Crippen LogP contribution < -0.4 is 9.62 Å². The lowest BCUT2D eigenvalue weighted by Crippen LogP contribution is -2.37. The smallest absolute Gasteiger partial charge is 0.299 e. The first-order valence-corrected chi connectivity index (χ1v) is 11.5. The number of amides is 1. The number of hydrogen-bond donors (Lipinski definition) is 1. The van der Waals surface area contributed by atoms with Crippen molar-refractivity contribution in [2.24, 2.45) is 0 Å². The maximum atomic E-state index is 12.7. The van der Waals surface area contributed by atoms with Gasteiger partial charge in [-0.1, -0.05) is 41.2 Å². The van der Waals surface area contributed by atoms with Gasteiger partial charge in [0.05, 0.1) is 17.5 Å². The summed E-state index contributed by atoms with van der Waals surface area (Å²) in [5.41, 5.74) is 0.895. The van der Waals surface area contributed by atoms with Crippen molar-refractivity contribution in [2.45, 2.75) is 13.1 Å². The Hall–Kier alpha value is -2.99. The summed E-state index contributed by atoms with van der Waals surface area (Å²) in [5, 5.41) is 11.1. The predicted octanol–water partition coefficient (Wildman–Crippen LogP) is 3.94. The number of nitrogens with zero attached hydrogens (tertiary/aromatic N) is 3. The molecule has 0 fully saturated rings. The maximum absolute atomic E-state index is 12.7. The highest BCUT2D eigenvalue weighted by molar-refractivity contribution is 7.92. The quantitative estimate of drug-likeness (QED) is 0.589. The monoisotopic (exact) mass is 470 g/mol. The first kappa shape index (κ1) is 22.7. The molecule has 1 amide bonds. The van der Waals surface area contributed by atoms with E-state index in [-0.39, 0.29) is 10.8 Å². The summed E-state index contributed by atoms with van der Waals surface area (Å²) < 4.78 is 63.2. The highest BCUT2D eigenvalue weighted by Gasteiger charge is 2.31. The molecule has 12 heteroatoms. The van der Waals surface area contributed by atoms with Crippen LogP contribution in [0.3, 0.4) is 0 Å². The molecule has 164 valence electrons. The average molecular weight is 470 g/mol. The minimum atomic E-state index is -4.56. The van der Waals surface area contributed by atoms with Crippen LogP contribution in [0.1, 0.15) is 11.1 Å². The lowest BCUT2D eigenvalue weighted by molar-refractivity contribution is -0.137. The van der Waals surface area contributed by atoms with E-state index < -0.39 is 34.2 Å². The van der Waals surface area contributed by atoms with Gasteiger partial charge in [-0.3, -0.25) is 14.4 Å². The van der Waals surface area contributed by atoms with Crippen molar-refractivity contribution in [1.82, 2.24) is 10.2 Å². The number of nitrogens with one attached hydrogen (secondary N) is 1. The van der Waals surface area contributed by atoms with Crippen LogP contribution in [0.5, 0.6) is 0 Å². The van der Waals surface area contributed by atoms with E-state index in [4.69, 9.17) is 0 Å². The number of halogens is 3. The third-order valence-corrected chi connectivity index (χ3v) is 6.17. The first-order chi connectivity index (χ1) is 14.4. The summed E-state index contributed by atoms with van der Waals surface area (Å²) in [7, 11) is -3.94. The Balaban J connectivity index is 1.74.